The first-order chi connectivity index (χ1) is 14.5. The van der Waals surface area contributed by atoms with Crippen molar-refractivity contribution in [1.82, 2.24) is 14.5 Å². The van der Waals surface area contributed by atoms with Crippen LogP contribution in [0.4, 0.5) is 0 Å². The minimum atomic E-state index is -0.472. The molecule has 0 unspecified atom stereocenters. The highest BCUT2D eigenvalue weighted by atomic mass is 35.5. The highest BCUT2D eigenvalue weighted by Crippen LogP contribution is 2.27. The second kappa shape index (κ2) is 8.90. The first-order valence-electron chi connectivity index (χ1n) is 9.42. The lowest BCUT2D eigenvalue weighted by atomic mass is 10.1. The number of carbonyl (C=O) groups excluding carboxylic acids is 1. The third-order valence-electron chi connectivity index (χ3n) is 4.77. The molecule has 4 rings (SSSR count). The van der Waals surface area contributed by atoms with E-state index in [9.17, 15) is 4.79 Å². The van der Waals surface area contributed by atoms with Crippen molar-refractivity contribution in [3.63, 3.8) is 0 Å². The molecule has 152 valence electrons. The molecule has 0 spiro atoms. The number of ether oxygens (including phenoxy) is 1. The topological polar surface area (TPSA) is 57.0 Å². The normalized spacial score (nSPS) is 11.0. The van der Waals surface area contributed by atoms with Gasteiger partial charge in [-0.1, -0.05) is 41.9 Å². The molecule has 2 aromatic carbocycles. The van der Waals surface area contributed by atoms with Gasteiger partial charge in [-0.05, 0) is 48.4 Å². The summed E-state index contributed by atoms with van der Waals surface area (Å²) >= 11 is 8.37. The van der Waals surface area contributed by atoms with Gasteiger partial charge in [-0.15, -0.1) is 11.8 Å². The molecule has 0 fully saturated rings. The number of fused-ring (bicyclic) bond motifs is 1. The number of rotatable bonds is 6. The standard InChI is InChI=1S/C23H20ClN3O2S/c1-15-25-20-10-11-21(23(28)29-2)26-22(20)27(15)13-17-9-8-16(12-19(17)24)14-30-18-6-4-3-5-7-18/h3-12H,13-14H2,1-2H3. The third-order valence-corrected chi connectivity index (χ3v) is 6.21. The number of aryl methyl sites for hydroxylation is 1. The van der Waals surface area contributed by atoms with Crippen molar-refractivity contribution in [2.75, 3.05) is 7.11 Å². The molecule has 0 atom stereocenters. The van der Waals surface area contributed by atoms with E-state index in [0.29, 0.717) is 17.2 Å². The summed E-state index contributed by atoms with van der Waals surface area (Å²) in [6.07, 6.45) is 0. The number of pyridine rings is 1. The first-order valence-corrected chi connectivity index (χ1v) is 10.8. The SMILES string of the molecule is COC(=O)c1ccc2nc(C)n(Cc3ccc(CSc4ccccc4)cc3Cl)c2n1. The van der Waals surface area contributed by atoms with E-state index in [1.807, 2.05) is 41.8 Å². The molecule has 0 aliphatic rings. The summed E-state index contributed by atoms with van der Waals surface area (Å²) in [5.41, 5.74) is 3.75. The van der Waals surface area contributed by atoms with Crippen LogP contribution in [0.3, 0.4) is 0 Å². The average Bonchev–Trinajstić information content (AvgIpc) is 3.08. The van der Waals surface area contributed by atoms with Gasteiger partial charge in [0.15, 0.2) is 11.3 Å². The van der Waals surface area contributed by atoms with Gasteiger partial charge in [0.2, 0.25) is 0 Å². The Morgan fingerprint density at radius 1 is 1.10 bits per heavy atom. The van der Waals surface area contributed by atoms with Crippen molar-refractivity contribution in [1.29, 1.82) is 0 Å². The van der Waals surface area contributed by atoms with E-state index in [1.54, 1.807) is 23.9 Å². The molecule has 0 bridgehead atoms. The molecule has 7 heteroatoms. The fourth-order valence-electron chi connectivity index (χ4n) is 3.18. The highest BCUT2D eigenvalue weighted by Gasteiger charge is 2.15. The maximum Gasteiger partial charge on any atom is 0.356 e. The number of aromatic nitrogens is 3. The molecule has 30 heavy (non-hydrogen) atoms. The lowest BCUT2D eigenvalue weighted by Gasteiger charge is -2.10. The number of methoxy groups -OCH3 is 1. The fourth-order valence-corrected chi connectivity index (χ4v) is 4.31. The molecule has 2 aromatic heterocycles. The van der Waals surface area contributed by atoms with Crippen LogP contribution in [-0.4, -0.2) is 27.6 Å². The van der Waals surface area contributed by atoms with E-state index in [0.717, 1.165) is 28.2 Å². The highest BCUT2D eigenvalue weighted by molar-refractivity contribution is 7.98. The molecule has 0 radical (unpaired) electrons. The van der Waals surface area contributed by atoms with Gasteiger partial charge in [0.25, 0.3) is 0 Å². The predicted octanol–water partition coefficient (Wildman–Crippen LogP) is 5.52. The Kier molecular flexibility index (Phi) is 6.06. The third kappa shape index (κ3) is 4.35. The molecule has 0 amide bonds. The van der Waals surface area contributed by atoms with E-state index < -0.39 is 5.97 Å². The van der Waals surface area contributed by atoms with Crippen molar-refractivity contribution in [2.24, 2.45) is 0 Å². The lowest BCUT2D eigenvalue weighted by molar-refractivity contribution is 0.0594. The van der Waals surface area contributed by atoms with Gasteiger partial charge in [-0.3, -0.25) is 0 Å². The monoisotopic (exact) mass is 437 g/mol. The molecule has 0 aliphatic heterocycles. The number of hydrogen-bond acceptors (Lipinski definition) is 5. The van der Waals surface area contributed by atoms with Crippen LogP contribution in [0.5, 0.6) is 0 Å². The maximum atomic E-state index is 11.9. The Bertz CT molecular complexity index is 1210. The Hall–Kier alpha value is -2.83. The number of carbonyl (C=O) groups is 1. The summed E-state index contributed by atoms with van der Waals surface area (Å²) in [5, 5.41) is 0.700. The van der Waals surface area contributed by atoms with Crippen LogP contribution in [0.25, 0.3) is 11.2 Å². The van der Waals surface area contributed by atoms with E-state index >= 15 is 0 Å². The number of nitrogens with zero attached hydrogens (tertiary/aromatic N) is 3. The molecule has 0 saturated carbocycles. The van der Waals surface area contributed by atoms with Crippen LogP contribution >= 0.6 is 23.4 Å². The van der Waals surface area contributed by atoms with Gasteiger partial charge < -0.3 is 9.30 Å². The number of benzene rings is 2. The molecule has 0 aliphatic carbocycles. The van der Waals surface area contributed by atoms with Crippen molar-refractivity contribution in [3.05, 3.63) is 88.3 Å². The summed E-state index contributed by atoms with van der Waals surface area (Å²) in [6.45, 7) is 2.43. The van der Waals surface area contributed by atoms with Gasteiger partial charge >= 0.3 is 5.97 Å². The van der Waals surface area contributed by atoms with Gasteiger partial charge in [0.05, 0.1) is 13.7 Å². The minimum Gasteiger partial charge on any atom is -0.464 e. The van der Waals surface area contributed by atoms with Crippen LogP contribution < -0.4 is 0 Å². The number of esters is 1. The largest absolute Gasteiger partial charge is 0.464 e. The molecule has 2 heterocycles. The van der Waals surface area contributed by atoms with Crippen LogP contribution in [0.15, 0.2) is 65.6 Å². The van der Waals surface area contributed by atoms with Gasteiger partial charge in [-0.2, -0.15) is 0 Å². The van der Waals surface area contributed by atoms with Crippen LogP contribution in [0, 0.1) is 6.92 Å². The second-order valence-corrected chi connectivity index (χ2v) is 8.26. The Morgan fingerprint density at radius 2 is 1.90 bits per heavy atom. The summed E-state index contributed by atoms with van der Waals surface area (Å²) in [6, 6.07) is 19.8. The number of halogens is 1. The number of hydrogen-bond donors (Lipinski definition) is 0. The Balaban J connectivity index is 1.57. The molecule has 0 saturated heterocycles. The van der Waals surface area contributed by atoms with Crippen LogP contribution in [-0.2, 0) is 17.0 Å². The Labute approximate surface area is 184 Å². The van der Waals surface area contributed by atoms with Crippen LogP contribution in [0.1, 0.15) is 27.4 Å². The maximum absolute atomic E-state index is 11.9. The summed E-state index contributed by atoms with van der Waals surface area (Å²) in [5.74, 6) is 1.18. The Morgan fingerprint density at radius 3 is 2.63 bits per heavy atom. The lowest BCUT2D eigenvalue weighted by Crippen LogP contribution is -2.07. The van der Waals surface area contributed by atoms with Crippen molar-refractivity contribution < 1.29 is 9.53 Å². The quantitative estimate of drug-likeness (QED) is 0.293. The van der Waals surface area contributed by atoms with E-state index in [4.69, 9.17) is 16.3 Å². The van der Waals surface area contributed by atoms with Crippen molar-refractivity contribution in [3.8, 4) is 0 Å². The summed E-state index contributed by atoms with van der Waals surface area (Å²) in [4.78, 5) is 22.1. The average molecular weight is 438 g/mol. The van der Waals surface area contributed by atoms with Gasteiger partial charge in [0, 0.05) is 15.7 Å². The second-order valence-electron chi connectivity index (χ2n) is 6.80. The van der Waals surface area contributed by atoms with Crippen molar-refractivity contribution >= 4 is 40.5 Å². The van der Waals surface area contributed by atoms with E-state index in [1.165, 1.54) is 12.0 Å². The smallest absolute Gasteiger partial charge is 0.356 e. The molecule has 4 aromatic rings. The zero-order chi connectivity index (χ0) is 21.1. The molecule has 5 nitrogen and oxygen atoms in total. The fraction of sp³-hybridized carbons (Fsp3) is 0.174. The predicted molar refractivity (Wildman–Crippen MR) is 120 cm³/mol. The molecular formula is C23H20ClN3O2S. The van der Waals surface area contributed by atoms with E-state index in [2.05, 4.69) is 28.2 Å². The zero-order valence-corrected chi connectivity index (χ0v) is 18.2. The van der Waals surface area contributed by atoms with Crippen LogP contribution in [0.2, 0.25) is 5.02 Å². The molecule has 0 N–H and O–H groups in total. The van der Waals surface area contributed by atoms with E-state index in [-0.39, 0.29) is 5.69 Å². The number of imidazole rings is 1. The number of thioether (sulfide) groups is 1. The van der Waals surface area contributed by atoms with Gasteiger partial charge in [-0.25, -0.2) is 14.8 Å². The summed E-state index contributed by atoms with van der Waals surface area (Å²) < 4.78 is 6.74. The minimum absolute atomic E-state index is 0.255. The molecular weight excluding hydrogens is 418 g/mol. The first kappa shape index (κ1) is 20.4. The van der Waals surface area contributed by atoms with Crippen molar-refractivity contribution in [2.45, 2.75) is 24.1 Å². The summed E-state index contributed by atoms with van der Waals surface area (Å²) in [7, 11) is 1.34. The zero-order valence-electron chi connectivity index (χ0n) is 16.6. The van der Waals surface area contributed by atoms with Gasteiger partial charge in [0.1, 0.15) is 11.3 Å².